The van der Waals surface area contributed by atoms with Crippen molar-refractivity contribution in [1.82, 2.24) is 14.7 Å². The van der Waals surface area contributed by atoms with Crippen molar-refractivity contribution in [3.8, 4) is 5.69 Å². The summed E-state index contributed by atoms with van der Waals surface area (Å²) < 4.78 is 1.85. The molecule has 0 bridgehead atoms. The zero-order valence-corrected chi connectivity index (χ0v) is 16.7. The van der Waals surface area contributed by atoms with Gasteiger partial charge < -0.3 is 10.2 Å². The molecule has 1 fully saturated rings. The van der Waals surface area contributed by atoms with Crippen molar-refractivity contribution in [3.05, 3.63) is 77.1 Å². The van der Waals surface area contributed by atoms with Crippen LogP contribution in [0, 0.1) is 13.8 Å². The molecule has 1 aliphatic heterocycles. The number of benzene rings is 2. The van der Waals surface area contributed by atoms with E-state index >= 15 is 0 Å². The van der Waals surface area contributed by atoms with E-state index in [0.717, 1.165) is 43.0 Å². The van der Waals surface area contributed by atoms with Gasteiger partial charge in [0.25, 0.3) is 11.8 Å². The molecule has 0 saturated carbocycles. The van der Waals surface area contributed by atoms with Gasteiger partial charge in [-0.2, -0.15) is 5.10 Å². The first-order chi connectivity index (χ1) is 14.0. The second kappa shape index (κ2) is 7.91. The molecule has 148 valence electrons. The van der Waals surface area contributed by atoms with Crippen LogP contribution in [0.15, 0.2) is 54.6 Å². The minimum atomic E-state index is -0.244. The lowest BCUT2D eigenvalue weighted by Crippen LogP contribution is -2.28. The Balaban J connectivity index is 1.53. The Morgan fingerprint density at radius 1 is 0.966 bits per heavy atom. The predicted molar refractivity (Wildman–Crippen MR) is 113 cm³/mol. The van der Waals surface area contributed by atoms with E-state index in [4.69, 9.17) is 0 Å². The van der Waals surface area contributed by atoms with E-state index in [0.29, 0.717) is 16.8 Å². The Labute approximate surface area is 170 Å². The molecule has 1 aliphatic rings. The molecule has 29 heavy (non-hydrogen) atoms. The smallest absolute Gasteiger partial charge is 0.255 e. The van der Waals surface area contributed by atoms with Crippen molar-refractivity contribution < 1.29 is 9.59 Å². The Hall–Kier alpha value is -3.41. The average molecular weight is 388 g/mol. The zero-order chi connectivity index (χ0) is 20.4. The molecular weight excluding hydrogens is 364 g/mol. The molecule has 6 nitrogen and oxygen atoms in total. The van der Waals surface area contributed by atoms with Crippen LogP contribution in [0.1, 0.15) is 44.9 Å². The summed E-state index contributed by atoms with van der Waals surface area (Å²) in [5.74, 6) is -0.273. The molecule has 3 aromatic rings. The highest BCUT2D eigenvalue weighted by Crippen LogP contribution is 2.21. The summed E-state index contributed by atoms with van der Waals surface area (Å²) in [5, 5.41) is 7.36. The van der Waals surface area contributed by atoms with Gasteiger partial charge in [0.15, 0.2) is 0 Å². The number of para-hydroxylation sites is 1. The maximum Gasteiger partial charge on any atom is 0.255 e. The van der Waals surface area contributed by atoms with E-state index in [-0.39, 0.29) is 11.8 Å². The van der Waals surface area contributed by atoms with Gasteiger partial charge in [0.05, 0.1) is 22.6 Å². The van der Waals surface area contributed by atoms with Crippen LogP contribution < -0.4 is 5.32 Å². The highest BCUT2D eigenvalue weighted by molar-refractivity contribution is 6.09. The van der Waals surface area contributed by atoms with Crippen LogP contribution in [0.25, 0.3) is 5.69 Å². The van der Waals surface area contributed by atoms with E-state index in [9.17, 15) is 9.59 Å². The van der Waals surface area contributed by atoms with Crippen molar-refractivity contribution in [2.75, 3.05) is 18.4 Å². The molecule has 0 aliphatic carbocycles. The summed E-state index contributed by atoms with van der Waals surface area (Å²) in [6.07, 6.45) is 2.06. The molecule has 2 amide bonds. The van der Waals surface area contributed by atoms with Crippen molar-refractivity contribution in [3.63, 3.8) is 0 Å². The molecule has 0 spiro atoms. The number of amides is 2. The van der Waals surface area contributed by atoms with Crippen LogP contribution in [0.2, 0.25) is 0 Å². The number of carbonyl (C=O) groups excluding carboxylic acids is 2. The summed E-state index contributed by atoms with van der Waals surface area (Å²) in [7, 11) is 0. The molecule has 0 atom stereocenters. The lowest BCUT2D eigenvalue weighted by Gasteiger charge is -2.18. The van der Waals surface area contributed by atoms with Crippen LogP contribution in [-0.2, 0) is 0 Å². The van der Waals surface area contributed by atoms with Gasteiger partial charge in [-0.1, -0.05) is 12.1 Å². The van der Waals surface area contributed by atoms with E-state index in [1.165, 1.54) is 0 Å². The number of aryl methyl sites for hydroxylation is 2. The standard InChI is InChI=1S/C23H24N4O2/c1-16-15-17(2)27(25-16)19-11-9-18(10-12-19)22(28)24-21-8-4-3-7-20(21)23(29)26-13-5-6-14-26/h3-4,7-12,15H,5-6,13-14H2,1-2H3,(H,24,28). The highest BCUT2D eigenvalue weighted by atomic mass is 16.2. The molecule has 1 aromatic heterocycles. The van der Waals surface area contributed by atoms with Crippen LogP contribution in [0.4, 0.5) is 5.69 Å². The largest absolute Gasteiger partial charge is 0.339 e. The summed E-state index contributed by atoms with van der Waals surface area (Å²) in [4.78, 5) is 27.4. The number of rotatable bonds is 4. The van der Waals surface area contributed by atoms with E-state index in [2.05, 4.69) is 10.4 Å². The Kier molecular flexibility index (Phi) is 5.16. The zero-order valence-electron chi connectivity index (χ0n) is 16.7. The summed E-state index contributed by atoms with van der Waals surface area (Å²) in [6, 6.07) is 16.5. The fourth-order valence-electron chi connectivity index (χ4n) is 3.71. The third-order valence-corrected chi connectivity index (χ3v) is 5.18. The second-order valence-electron chi connectivity index (χ2n) is 7.38. The molecule has 4 rings (SSSR count). The van der Waals surface area contributed by atoms with Crippen LogP contribution >= 0.6 is 0 Å². The first-order valence-corrected chi connectivity index (χ1v) is 9.86. The first kappa shape index (κ1) is 18.9. The number of hydrogen-bond donors (Lipinski definition) is 1. The summed E-state index contributed by atoms with van der Waals surface area (Å²) in [5.41, 5.74) is 4.48. The Bertz CT molecular complexity index is 1050. The second-order valence-corrected chi connectivity index (χ2v) is 7.38. The predicted octanol–water partition coefficient (Wildman–Crippen LogP) is 3.98. The highest BCUT2D eigenvalue weighted by Gasteiger charge is 2.22. The molecular formula is C23H24N4O2. The number of likely N-dealkylation sites (tertiary alicyclic amines) is 1. The van der Waals surface area contributed by atoms with Gasteiger partial charge in [-0.3, -0.25) is 9.59 Å². The number of nitrogens with zero attached hydrogens (tertiary/aromatic N) is 3. The quantitative estimate of drug-likeness (QED) is 0.735. The SMILES string of the molecule is Cc1cc(C)n(-c2ccc(C(=O)Nc3ccccc3C(=O)N3CCCC3)cc2)n1. The summed E-state index contributed by atoms with van der Waals surface area (Å²) >= 11 is 0. The number of aromatic nitrogens is 2. The number of nitrogens with one attached hydrogen (secondary N) is 1. The molecule has 1 saturated heterocycles. The van der Waals surface area contributed by atoms with E-state index < -0.39 is 0 Å². The fraction of sp³-hybridized carbons (Fsp3) is 0.261. The lowest BCUT2D eigenvalue weighted by molar-refractivity contribution is 0.0794. The number of carbonyl (C=O) groups is 2. The first-order valence-electron chi connectivity index (χ1n) is 9.86. The molecule has 6 heteroatoms. The lowest BCUT2D eigenvalue weighted by atomic mass is 10.1. The molecule has 1 N–H and O–H groups in total. The van der Waals surface area contributed by atoms with Crippen molar-refractivity contribution >= 4 is 17.5 Å². The fourth-order valence-corrected chi connectivity index (χ4v) is 3.71. The van der Waals surface area contributed by atoms with Crippen LogP contribution in [0.3, 0.4) is 0 Å². The third-order valence-electron chi connectivity index (χ3n) is 5.18. The Morgan fingerprint density at radius 3 is 2.31 bits per heavy atom. The van der Waals surface area contributed by atoms with Gasteiger partial charge in [-0.25, -0.2) is 4.68 Å². The maximum absolute atomic E-state index is 12.8. The molecule has 0 radical (unpaired) electrons. The summed E-state index contributed by atoms with van der Waals surface area (Å²) in [6.45, 7) is 5.49. The number of anilines is 1. The Morgan fingerprint density at radius 2 is 1.66 bits per heavy atom. The average Bonchev–Trinajstić information content (AvgIpc) is 3.37. The van der Waals surface area contributed by atoms with Crippen molar-refractivity contribution in [2.24, 2.45) is 0 Å². The van der Waals surface area contributed by atoms with Gasteiger partial charge in [0, 0.05) is 24.3 Å². The van der Waals surface area contributed by atoms with E-state index in [1.807, 2.05) is 53.8 Å². The monoisotopic (exact) mass is 388 g/mol. The van der Waals surface area contributed by atoms with Gasteiger partial charge in [0.2, 0.25) is 0 Å². The van der Waals surface area contributed by atoms with Gasteiger partial charge >= 0.3 is 0 Å². The van der Waals surface area contributed by atoms with Gasteiger partial charge in [-0.05, 0) is 69.2 Å². The molecule has 0 unspecified atom stereocenters. The van der Waals surface area contributed by atoms with E-state index in [1.54, 1.807) is 24.3 Å². The normalized spacial score (nSPS) is 13.5. The molecule has 2 aromatic carbocycles. The topological polar surface area (TPSA) is 67.2 Å². The van der Waals surface area contributed by atoms with Crippen molar-refractivity contribution in [1.29, 1.82) is 0 Å². The van der Waals surface area contributed by atoms with Crippen molar-refractivity contribution in [2.45, 2.75) is 26.7 Å². The number of hydrogen-bond acceptors (Lipinski definition) is 3. The van der Waals surface area contributed by atoms with Crippen LogP contribution in [-0.4, -0.2) is 39.6 Å². The minimum Gasteiger partial charge on any atom is -0.339 e. The van der Waals surface area contributed by atoms with Crippen LogP contribution in [0.5, 0.6) is 0 Å². The minimum absolute atomic E-state index is 0.0294. The van der Waals surface area contributed by atoms with Gasteiger partial charge in [-0.15, -0.1) is 0 Å². The van der Waals surface area contributed by atoms with Gasteiger partial charge in [0.1, 0.15) is 0 Å². The maximum atomic E-state index is 12.8. The third kappa shape index (κ3) is 3.92. The molecule has 2 heterocycles.